The van der Waals surface area contributed by atoms with Gasteiger partial charge in [-0.2, -0.15) is 0 Å². The summed E-state index contributed by atoms with van der Waals surface area (Å²) in [5.74, 6) is 0. The molecule has 0 spiro atoms. The summed E-state index contributed by atoms with van der Waals surface area (Å²) in [7, 11) is 0. The van der Waals surface area contributed by atoms with Crippen molar-refractivity contribution in [3.8, 4) is 0 Å². The molecule has 0 bridgehead atoms. The zero-order chi connectivity index (χ0) is 14.3. The largest absolute Gasteiger partial charge is 0.301 e. The number of nitrogens with zero attached hydrogens (tertiary/aromatic N) is 1. The van der Waals surface area contributed by atoms with Crippen LogP contribution in [0, 0.1) is 6.92 Å². The molecule has 0 saturated carbocycles. The third-order valence-electron chi connectivity index (χ3n) is 4.09. The molecule has 0 N–H and O–H groups in total. The average Bonchev–Trinajstić information content (AvgIpc) is 2.43. The van der Waals surface area contributed by atoms with E-state index >= 15 is 0 Å². The third kappa shape index (κ3) is 4.21. The maximum Gasteiger partial charge on any atom is 0.0133 e. The highest BCUT2D eigenvalue weighted by atomic mass is 15.1. The second-order valence-corrected chi connectivity index (χ2v) is 5.12. The molecule has 1 heteroatoms. The van der Waals surface area contributed by atoms with Crippen LogP contribution in [0.25, 0.3) is 6.08 Å². The van der Waals surface area contributed by atoms with E-state index in [4.69, 9.17) is 0 Å². The Hall–Kier alpha value is -1.08. The highest BCUT2D eigenvalue weighted by molar-refractivity contribution is 5.55. The third-order valence-corrected chi connectivity index (χ3v) is 4.09. The first kappa shape index (κ1) is 16.0. The Labute approximate surface area is 119 Å². The summed E-state index contributed by atoms with van der Waals surface area (Å²) in [5, 5.41) is 0. The maximum atomic E-state index is 2.57. The monoisotopic (exact) mass is 259 g/mol. The standard InChI is InChI=1S/C18H29N/c1-6-11-16-12-10-13-17(15(16)5)14-18(7-2)19(8-3)9-4/h6,10-13,18H,7-9,14H2,1-5H3/b11-6-. The summed E-state index contributed by atoms with van der Waals surface area (Å²) in [6.45, 7) is 13.4. The van der Waals surface area contributed by atoms with E-state index in [-0.39, 0.29) is 0 Å². The summed E-state index contributed by atoms with van der Waals surface area (Å²) in [5.41, 5.74) is 4.29. The minimum atomic E-state index is 0.662. The molecule has 0 aliphatic carbocycles. The predicted octanol–water partition coefficient (Wildman–Crippen LogP) is 4.69. The number of rotatable bonds is 7. The molecule has 0 aliphatic heterocycles. The molecule has 1 aromatic rings. The molecule has 19 heavy (non-hydrogen) atoms. The molecule has 0 aromatic heterocycles. The highest BCUT2D eigenvalue weighted by Gasteiger charge is 2.15. The first-order valence-corrected chi connectivity index (χ1v) is 7.63. The minimum Gasteiger partial charge on any atom is -0.301 e. The summed E-state index contributed by atoms with van der Waals surface area (Å²) in [6.07, 6.45) is 6.70. The molecule has 0 aliphatic rings. The quantitative estimate of drug-likeness (QED) is 0.686. The molecular weight excluding hydrogens is 230 g/mol. The lowest BCUT2D eigenvalue weighted by atomic mass is 9.95. The van der Waals surface area contributed by atoms with E-state index in [1.54, 1.807) is 0 Å². The van der Waals surface area contributed by atoms with Gasteiger partial charge in [0.2, 0.25) is 0 Å². The predicted molar refractivity (Wildman–Crippen MR) is 86.6 cm³/mol. The van der Waals surface area contributed by atoms with Gasteiger partial charge in [0.1, 0.15) is 0 Å². The first-order valence-electron chi connectivity index (χ1n) is 7.63. The fourth-order valence-electron chi connectivity index (χ4n) is 2.81. The van der Waals surface area contributed by atoms with Crippen molar-refractivity contribution in [2.45, 2.75) is 53.5 Å². The summed E-state index contributed by atoms with van der Waals surface area (Å²) >= 11 is 0. The topological polar surface area (TPSA) is 3.24 Å². The Balaban J connectivity index is 2.94. The summed E-state index contributed by atoms with van der Waals surface area (Å²) < 4.78 is 0. The molecule has 1 aromatic carbocycles. The highest BCUT2D eigenvalue weighted by Crippen LogP contribution is 2.19. The van der Waals surface area contributed by atoms with Gasteiger partial charge >= 0.3 is 0 Å². The van der Waals surface area contributed by atoms with Crippen molar-refractivity contribution in [2.75, 3.05) is 13.1 Å². The Morgan fingerprint density at radius 3 is 2.37 bits per heavy atom. The van der Waals surface area contributed by atoms with Crippen molar-refractivity contribution in [1.29, 1.82) is 0 Å². The van der Waals surface area contributed by atoms with Crippen LogP contribution in [0.2, 0.25) is 0 Å². The van der Waals surface area contributed by atoms with Gasteiger partial charge in [-0.25, -0.2) is 0 Å². The van der Waals surface area contributed by atoms with Gasteiger partial charge in [0, 0.05) is 6.04 Å². The number of likely N-dealkylation sites (N-methyl/N-ethyl adjacent to an activating group) is 1. The first-order chi connectivity index (χ1) is 9.17. The fourth-order valence-corrected chi connectivity index (χ4v) is 2.81. The van der Waals surface area contributed by atoms with Crippen LogP contribution in [-0.4, -0.2) is 24.0 Å². The molecule has 106 valence electrons. The molecule has 0 fully saturated rings. The van der Waals surface area contributed by atoms with E-state index in [1.165, 1.54) is 23.1 Å². The molecule has 0 heterocycles. The Kier molecular flexibility index (Phi) is 6.86. The number of hydrogen-bond acceptors (Lipinski definition) is 1. The van der Waals surface area contributed by atoms with Gasteiger partial charge < -0.3 is 4.90 Å². The average molecular weight is 259 g/mol. The van der Waals surface area contributed by atoms with Crippen LogP contribution in [0.4, 0.5) is 0 Å². The number of hydrogen-bond donors (Lipinski definition) is 0. The van der Waals surface area contributed by atoms with Crippen molar-refractivity contribution < 1.29 is 0 Å². The number of allylic oxidation sites excluding steroid dienone is 1. The Morgan fingerprint density at radius 1 is 1.16 bits per heavy atom. The van der Waals surface area contributed by atoms with E-state index in [9.17, 15) is 0 Å². The number of benzene rings is 1. The second-order valence-electron chi connectivity index (χ2n) is 5.12. The maximum absolute atomic E-state index is 2.57. The molecular formula is C18H29N. The van der Waals surface area contributed by atoms with Crippen LogP contribution in [0.1, 0.15) is 50.8 Å². The van der Waals surface area contributed by atoms with Gasteiger partial charge in [0.25, 0.3) is 0 Å². The summed E-state index contributed by atoms with van der Waals surface area (Å²) in [6, 6.07) is 7.34. The van der Waals surface area contributed by atoms with Crippen LogP contribution in [0.5, 0.6) is 0 Å². The van der Waals surface area contributed by atoms with Crippen LogP contribution >= 0.6 is 0 Å². The lowest BCUT2D eigenvalue weighted by molar-refractivity contribution is 0.209. The van der Waals surface area contributed by atoms with Crippen molar-refractivity contribution >= 4 is 6.08 Å². The molecule has 0 saturated heterocycles. The van der Waals surface area contributed by atoms with Crippen molar-refractivity contribution in [3.63, 3.8) is 0 Å². The van der Waals surface area contributed by atoms with E-state index in [1.807, 2.05) is 0 Å². The van der Waals surface area contributed by atoms with Crippen molar-refractivity contribution in [1.82, 2.24) is 4.90 Å². The van der Waals surface area contributed by atoms with Gasteiger partial charge in [-0.05, 0) is 56.5 Å². The zero-order valence-electron chi connectivity index (χ0n) is 13.2. The van der Waals surface area contributed by atoms with Crippen LogP contribution in [0.3, 0.4) is 0 Å². The van der Waals surface area contributed by atoms with Crippen molar-refractivity contribution in [2.24, 2.45) is 0 Å². The Morgan fingerprint density at radius 2 is 1.84 bits per heavy atom. The molecule has 0 radical (unpaired) electrons. The molecule has 1 atom stereocenters. The van der Waals surface area contributed by atoms with Crippen LogP contribution < -0.4 is 0 Å². The zero-order valence-corrected chi connectivity index (χ0v) is 13.2. The van der Waals surface area contributed by atoms with E-state index in [0.717, 1.165) is 19.5 Å². The summed E-state index contributed by atoms with van der Waals surface area (Å²) in [4.78, 5) is 2.57. The lowest BCUT2D eigenvalue weighted by Gasteiger charge is -2.29. The molecule has 0 amide bonds. The van der Waals surface area contributed by atoms with Gasteiger partial charge in [0.15, 0.2) is 0 Å². The van der Waals surface area contributed by atoms with E-state index in [0.29, 0.717) is 6.04 Å². The normalized spacial score (nSPS) is 13.4. The van der Waals surface area contributed by atoms with E-state index < -0.39 is 0 Å². The smallest absolute Gasteiger partial charge is 0.0133 e. The van der Waals surface area contributed by atoms with Gasteiger partial charge in [-0.15, -0.1) is 0 Å². The molecule has 1 unspecified atom stereocenters. The lowest BCUT2D eigenvalue weighted by Crippen LogP contribution is -2.36. The SMILES string of the molecule is C/C=C\c1cccc(CC(CC)N(CC)CC)c1C. The fraction of sp³-hybridized carbons (Fsp3) is 0.556. The Bertz CT molecular complexity index is 402. The second kappa shape index (κ2) is 8.16. The van der Waals surface area contributed by atoms with Gasteiger partial charge in [-0.3, -0.25) is 0 Å². The van der Waals surface area contributed by atoms with Crippen LogP contribution in [-0.2, 0) is 6.42 Å². The van der Waals surface area contributed by atoms with Gasteiger partial charge in [-0.1, -0.05) is 51.1 Å². The minimum absolute atomic E-state index is 0.662. The van der Waals surface area contributed by atoms with Gasteiger partial charge in [0.05, 0.1) is 0 Å². The van der Waals surface area contributed by atoms with E-state index in [2.05, 4.69) is 69.9 Å². The van der Waals surface area contributed by atoms with Crippen LogP contribution in [0.15, 0.2) is 24.3 Å². The van der Waals surface area contributed by atoms with Crippen molar-refractivity contribution in [3.05, 3.63) is 41.0 Å². The molecule has 1 nitrogen and oxygen atoms in total. The molecule has 1 rings (SSSR count).